The predicted molar refractivity (Wildman–Crippen MR) is 65.9 cm³/mol. The second-order valence-electron chi connectivity index (χ2n) is 4.50. The van der Waals surface area contributed by atoms with E-state index in [0.29, 0.717) is 12.8 Å². The van der Waals surface area contributed by atoms with Crippen LogP contribution in [0, 0.1) is 5.41 Å². The molecule has 0 N–H and O–H groups in total. The Kier molecular flexibility index (Phi) is 3.32. The monoisotopic (exact) mass is 248 g/mol. The van der Waals surface area contributed by atoms with E-state index >= 15 is 0 Å². The molecule has 1 saturated carbocycles. The molecular formula is C13H16N2O3. The first kappa shape index (κ1) is 12.5. The maximum absolute atomic E-state index is 12.5. The minimum absolute atomic E-state index is 0.202. The molecule has 0 atom stereocenters. The highest BCUT2D eigenvalue weighted by Crippen LogP contribution is 2.44. The number of hydrogen-bond acceptors (Lipinski definition) is 4. The molecule has 0 saturated heterocycles. The van der Waals surface area contributed by atoms with Crippen LogP contribution in [0.15, 0.2) is 24.5 Å². The van der Waals surface area contributed by atoms with Crippen molar-refractivity contribution in [1.82, 2.24) is 4.98 Å². The summed E-state index contributed by atoms with van der Waals surface area (Å²) in [6.45, 7) is 0. The van der Waals surface area contributed by atoms with E-state index in [1.165, 1.54) is 12.0 Å². The van der Waals surface area contributed by atoms with Crippen LogP contribution in [-0.4, -0.2) is 31.0 Å². The molecule has 1 aromatic heterocycles. The quantitative estimate of drug-likeness (QED) is 0.599. The largest absolute Gasteiger partial charge is 0.468 e. The van der Waals surface area contributed by atoms with Crippen molar-refractivity contribution in [1.29, 1.82) is 0 Å². The van der Waals surface area contributed by atoms with Crippen molar-refractivity contribution in [3.63, 3.8) is 0 Å². The highest BCUT2D eigenvalue weighted by Gasteiger charge is 2.53. The first-order valence-corrected chi connectivity index (χ1v) is 5.88. The van der Waals surface area contributed by atoms with Crippen molar-refractivity contribution >= 4 is 17.6 Å². The molecule has 0 aliphatic heterocycles. The van der Waals surface area contributed by atoms with E-state index < -0.39 is 11.4 Å². The Bertz CT molecular complexity index is 455. The number of esters is 1. The van der Waals surface area contributed by atoms with Crippen molar-refractivity contribution in [2.75, 3.05) is 19.1 Å². The number of aromatic nitrogens is 1. The molecule has 1 aliphatic rings. The Labute approximate surface area is 106 Å². The van der Waals surface area contributed by atoms with Gasteiger partial charge in [-0.2, -0.15) is 0 Å². The molecule has 5 heteroatoms. The topological polar surface area (TPSA) is 59.5 Å². The molecule has 0 radical (unpaired) electrons. The van der Waals surface area contributed by atoms with E-state index in [0.717, 1.165) is 12.1 Å². The zero-order valence-corrected chi connectivity index (χ0v) is 10.5. The van der Waals surface area contributed by atoms with Gasteiger partial charge in [0.15, 0.2) is 0 Å². The van der Waals surface area contributed by atoms with Crippen LogP contribution in [-0.2, 0) is 14.3 Å². The van der Waals surface area contributed by atoms with Gasteiger partial charge in [0, 0.05) is 25.1 Å². The molecule has 0 bridgehead atoms. The molecule has 1 amide bonds. The smallest absolute Gasteiger partial charge is 0.321 e. The van der Waals surface area contributed by atoms with Gasteiger partial charge in [-0.1, -0.05) is 6.42 Å². The Morgan fingerprint density at radius 2 is 1.94 bits per heavy atom. The van der Waals surface area contributed by atoms with Crippen molar-refractivity contribution < 1.29 is 14.3 Å². The third kappa shape index (κ3) is 1.85. The fourth-order valence-electron chi connectivity index (χ4n) is 2.24. The first-order chi connectivity index (χ1) is 8.62. The van der Waals surface area contributed by atoms with Gasteiger partial charge in [0.25, 0.3) is 0 Å². The minimum Gasteiger partial charge on any atom is -0.468 e. The normalized spacial score (nSPS) is 16.6. The molecule has 0 spiro atoms. The molecular weight excluding hydrogens is 232 g/mol. The van der Waals surface area contributed by atoms with E-state index in [1.807, 2.05) is 0 Å². The molecule has 1 aromatic rings. The average Bonchev–Trinajstić information content (AvgIpc) is 2.37. The van der Waals surface area contributed by atoms with Crippen molar-refractivity contribution in [2.24, 2.45) is 5.41 Å². The summed E-state index contributed by atoms with van der Waals surface area (Å²) in [7, 11) is 2.99. The molecule has 0 aromatic carbocycles. The zero-order chi connectivity index (χ0) is 13.2. The summed E-state index contributed by atoms with van der Waals surface area (Å²) in [5.41, 5.74) is -0.252. The number of methoxy groups -OCH3 is 1. The lowest BCUT2D eigenvalue weighted by atomic mass is 9.67. The summed E-state index contributed by atoms with van der Waals surface area (Å²) < 4.78 is 4.77. The summed E-state index contributed by atoms with van der Waals surface area (Å²) in [4.78, 5) is 29.7. The molecule has 1 heterocycles. The lowest BCUT2D eigenvalue weighted by molar-refractivity contribution is -0.163. The molecule has 2 rings (SSSR count). The van der Waals surface area contributed by atoms with Crippen LogP contribution in [0.5, 0.6) is 0 Å². The lowest BCUT2D eigenvalue weighted by Gasteiger charge is -2.39. The highest BCUT2D eigenvalue weighted by atomic mass is 16.5. The third-order valence-electron chi connectivity index (χ3n) is 3.55. The number of amides is 1. The summed E-state index contributed by atoms with van der Waals surface area (Å²) in [5.74, 6) is -0.633. The van der Waals surface area contributed by atoms with Crippen molar-refractivity contribution in [3.8, 4) is 0 Å². The molecule has 18 heavy (non-hydrogen) atoms. The van der Waals surface area contributed by atoms with Crippen molar-refractivity contribution in [2.45, 2.75) is 19.3 Å². The Hall–Kier alpha value is -1.91. The fourth-order valence-corrected chi connectivity index (χ4v) is 2.24. The second kappa shape index (κ2) is 4.76. The number of ether oxygens (including phenoxy) is 1. The summed E-state index contributed by atoms with van der Waals surface area (Å²) in [6, 6.07) is 3.48. The maximum atomic E-state index is 12.5. The summed E-state index contributed by atoms with van der Waals surface area (Å²) in [6.07, 6.45) is 5.24. The molecule has 96 valence electrons. The Balaban J connectivity index is 2.23. The highest BCUT2D eigenvalue weighted by molar-refractivity contribution is 6.10. The van der Waals surface area contributed by atoms with Crippen LogP contribution in [0.2, 0.25) is 0 Å². The SMILES string of the molecule is COC(=O)C1(C(=O)N(C)c2ccncc2)CCC1. The average molecular weight is 248 g/mol. The number of nitrogens with zero attached hydrogens (tertiary/aromatic N) is 2. The second-order valence-corrected chi connectivity index (χ2v) is 4.50. The number of hydrogen-bond donors (Lipinski definition) is 0. The van der Waals surface area contributed by atoms with E-state index in [4.69, 9.17) is 4.74 Å². The lowest BCUT2D eigenvalue weighted by Crippen LogP contribution is -2.52. The molecule has 1 aliphatic carbocycles. The van der Waals surface area contributed by atoms with E-state index in [-0.39, 0.29) is 5.91 Å². The molecule has 5 nitrogen and oxygen atoms in total. The van der Waals surface area contributed by atoms with Crippen LogP contribution >= 0.6 is 0 Å². The minimum atomic E-state index is -0.979. The summed E-state index contributed by atoms with van der Waals surface area (Å²) in [5, 5.41) is 0. The Morgan fingerprint density at radius 3 is 2.39 bits per heavy atom. The van der Waals surface area contributed by atoms with E-state index in [1.54, 1.807) is 31.6 Å². The number of rotatable bonds is 3. The van der Waals surface area contributed by atoms with Gasteiger partial charge >= 0.3 is 5.97 Å². The number of carbonyl (C=O) groups excluding carboxylic acids is 2. The van der Waals surface area contributed by atoms with Gasteiger partial charge in [0.05, 0.1) is 7.11 Å². The predicted octanol–water partition coefficient (Wildman–Crippen LogP) is 1.39. The van der Waals surface area contributed by atoms with E-state index in [9.17, 15) is 9.59 Å². The van der Waals surface area contributed by atoms with Crippen LogP contribution in [0.1, 0.15) is 19.3 Å². The number of anilines is 1. The van der Waals surface area contributed by atoms with Gasteiger partial charge < -0.3 is 9.64 Å². The van der Waals surface area contributed by atoms with Gasteiger partial charge in [-0.25, -0.2) is 0 Å². The summed E-state index contributed by atoms with van der Waals surface area (Å²) >= 11 is 0. The van der Waals surface area contributed by atoms with Gasteiger partial charge in [0.1, 0.15) is 5.41 Å². The first-order valence-electron chi connectivity index (χ1n) is 5.88. The van der Waals surface area contributed by atoms with Gasteiger partial charge in [-0.15, -0.1) is 0 Å². The zero-order valence-electron chi connectivity index (χ0n) is 10.5. The third-order valence-corrected chi connectivity index (χ3v) is 3.55. The molecule has 0 unspecified atom stereocenters. The van der Waals surface area contributed by atoms with Gasteiger partial charge in [0.2, 0.25) is 5.91 Å². The fraction of sp³-hybridized carbons (Fsp3) is 0.462. The van der Waals surface area contributed by atoms with Gasteiger partial charge in [-0.3, -0.25) is 14.6 Å². The maximum Gasteiger partial charge on any atom is 0.321 e. The number of pyridine rings is 1. The van der Waals surface area contributed by atoms with Crippen LogP contribution in [0.3, 0.4) is 0 Å². The molecule has 1 fully saturated rings. The van der Waals surface area contributed by atoms with Crippen LogP contribution in [0.25, 0.3) is 0 Å². The van der Waals surface area contributed by atoms with E-state index in [2.05, 4.69) is 4.98 Å². The standard InChI is InChI=1S/C13H16N2O3/c1-15(10-4-8-14-9-5-10)11(16)13(6-3-7-13)12(17)18-2/h4-5,8-9H,3,6-7H2,1-2H3. The van der Waals surface area contributed by atoms with Crippen LogP contribution < -0.4 is 4.90 Å². The Morgan fingerprint density at radius 1 is 1.33 bits per heavy atom. The van der Waals surface area contributed by atoms with Gasteiger partial charge in [-0.05, 0) is 25.0 Å². The van der Waals surface area contributed by atoms with Crippen molar-refractivity contribution in [3.05, 3.63) is 24.5 Å². The van der Waals surface area contributed by atoms with Crippen LogP contribution in [0.4, 0.5) is 5.69 Å². The number of carbonyl (C=O) groups is 2.